The summed E-state index contributed by atoms with van der Waals surface area (Å²) in [4.78, 5) is 25.0. The minimum Gasteiger partial charge on any atom is -0.772 e. The van der Waals surface area contributed by atoms with Crippen molar-refractivity contribution in [1.82, 2.24) is 0 Å². The van der Waals surface area contributed by atoms with Crippen LogP contribution in [0.25, 0.3) is 0 Å². The Bertz CT molecular complexity index is 49.7. The molecule has 0 rings (SSSR count). The van der Waals surface area contributed by atoms with Gasteiger partial charge in [0.05, 0.1) is 26.1 Å². The van der Waals surface area contributed by atoms with E-state index < -0.39 is 26.1 Å². The van der Waals surface area contributed by atoms with Gasteiger partial charge in [-0.15, -0.1) is 0 Å². The molecule has 0 unspecified atom stereocenters. The van der Waals surface area contributed by atoms with Crippen molar-refractivity contribution in [3.8, 4) is 0 Å². The molecule has 0 aromatic heterocycles. The van der Waals surface area contributed by atoms with Gasteiger partial charge in [-0.05, 0) is 0 Å². The minimum atomic E-state index is -1.08. The van der Waals surface area contributed by atoms with Crippen molar-refractivity contribution in [2.45, 2.75) is 0 Å². The largest absolute Gasteiger partial charge is 0.772 e. The molecule has 10 heavy (non-hydrogen) atoms. The second-order valence-electron chi connectivity index (χ2n) is 0.224. The quantitative estimate of drug-likeness (QED) is 0.483. The third-order valence-electron chi connectivity index (χ3n) is 0. The van der Waals surface area contributed by atoms with Gasteiger partial charge in [0.2, 0.25) is 0 Å². The van der Waals surface area contributed by atoms with Gasteiger partial charge in [0.25, 0.3) is 0 Å². The van der Waals surface area contributed by atoms with Gasteiger partial charge in [-0.1, -0.05) is 0 Å². The van der Waals surface area contributed by atoms with Crippen LogP contribution in [0.1, 0.15) is 0 Å². The summed E-state index contributed by atoms with van der Waals surface area (Å²) in [5, 5.41) is 0. The second-order valence-corrected chi connectivity index (χ2v) is 0.671. The van der Waals surface area contributed by atoms with Crippen LogP contribution in [0.4, 0.5) is 0 Å². The zero-order valence-corrected chi connectivity index (χ0v) is 9.57. The molecule has 0 spiro atoms. The van der Waals surface area contributed by atoms with Crippen LogP contribution in [0, 0.1) is 0 Å². The molecule has 6 nitrogen and oxygen atoms in total. The van der Waals surface area contributed by atoms with E-state index in [0.717, 1.165) is 0 Å². The van der Waals surface area contributed by atoms with Crippen molar-refractivity contribution >= 4 is 26.1 Å². The Hall–Kier alpha value is 0.842. The first kappa shape index (κ1) is 22.4. The summed E-state index contributed by atoms with van der Waals surface area (Å²) in [6, 6.07) is 0. The molecule has 0 aromatic rings. The zero-order valence-electron chi connectivity index (χ0n) is 4.17. The maximum Gasteiger partial charge on any atom is 0.0642 e. The monoisotopic (exact) mass is 376 g/mol. The van der Waals surface area contributed by atoms with Gasteiger partial charge in [0.15, 0.2) is 0 Å². The third-order valence-corrected chi connectivity index (χ3v) is 0. The Morgan fingerprint density at radius 2 is 0.700 bits per heavy atom. The first-order chi connectivity index (χ1) is 4.24. The maximum absolute atomic E-state index is 8.35. The number of hydrogen-bond donors (Lipinski definition) is 0. The summed E-state index contributed by atoms with van der Waals surface area (Å²) in [7, 11) is -3.25. The van der Waals surface area contributed by atoms with Gasteiger partial charge in [-0.25, -0.2) is 0 Å². The molecule has 0 saturated carbocycles. The van der Waals surface area contributed by atoms with Crippen molar-refractivity contribution in [1.29, 1.82) is 0 Å². The number of rotatable bonds is 0. The molecule has 1 radical (unpaired) electrons. The van der Waals surface area contributed by atoms with Gasteiger partial charge in [-0.2, -0.15) is 0 Å². The van der Waals surface area contributed by atoms with Gasteiger partial charge in [-0.3, -0.25) is 13.7 Å². The van der Waals surface area contributed by atoms with Crippen molar-refractivity contribution < 1.29 is 48.8 Å². The molecule has 0 atom stereocenters. The molecule has 0 aliphatic heterocycles. The van der Waals surface area contributed by atoms with Crippen LogP contribution < -0.4 is 14.7 Å². The fourth-order valence-electron chi connectivity index (χ4n) is 0. The molecule has 0 aromatic carbocycles. The van der Waals surface area contributed by atoms with Crippen LogP contribution in [-0.2, 0) is 34.1 Å². The summed E-state index contributed by atoms with van der Waals surface area (Å²) in [5.41, 5.74) is 0. The van der Waals surface area contributed by atoms with Crippen LogP contribution in [0.5, 0.6) is 0 Å². The average molecular weight is 375 g/mol. The van der Waals surface area contributed by atoms with Crippen LogP contribution in [0.15, 0.2) is 0 Å². The molecule has 0 bridgehead atoms. The third kappa shape index (κ3) is 766. The smallest absolute Gasteiger partial charge is 0.0642 e. The first-order valence-electron chi connectivity index (χ1n) is 1.10. The van der Waals surface area contributed by atoms with Crippen molar-refractivity contribution in [3.05, 3.63) is 0 Å². The van der Waals surface area contributed by atoms with Gasteiger partial charge >= 0.3 is 0 Å². The molecule has 0 N–H and O–H groups in total. The van der Waals surface area contributed by atoms with E-state index in [1.54, 1.807) is 0 Å². The average Bonchev–Trinajstić information content (AvgIpc) is 1.70. The predicted molar refractivity (Wildman–Crippen MR) is 22.8 cm³/mol. The van der Waals surface area contributed by atoms with E-state index in [0.29, 0.717) is 0 Å². The van der Waals surface area contributed by atoms with Crippen LogP contribution in [0.3, 0.4) is 0 Å². The second kappa shape index (κ2) is 52.1. The summed E-state index contributed by atoms with van der Waals surface area (Å²) in [6.45, 7) is 0. The van der Waals surface area contributed by atoms with Crippen LogP contribution in [-0.4, -0.2) is 0 Å². The van der Waals surface area contributed by atoms with Gasteiger partial charge in [0, 0.05) is 20.4 Å². The Kier molecular flexibility index (Phi) is 117. The van der Waals surface area contributed by atoms with E-state index in [4.69, 9.17) is 28.4 Å². The molecule has 10 heteroatoms. The Balaban J connectivity index is -0.0000000257. The predicted octanol–water partition coefficient (Wildman–Crippen LogP) is -1.34. The normalized spacial score (nSPS) is 6.30. The van der Waals surface area contributed by atoms with Crippen LogP contribution >= 0.6 is 26.1 Å². The molecule has 0 heterocycles. The molecule has 0 amide bonds. The van der Waals surface area contributed by atoms with E-state index in [1.807, 2.05) is 0 Å². The Morgan fingerprint density at radius 3 is 0.700 bits per heavy atom. The molecule has 0 aliphatic carbocycles. The van der Waals surface area contributed by atoms with E-state index >= 15 is 0 Å². The molecule has 61 valence electrons. The van der Waals surface area contributed by atoms with Crippen molar-refractivity contribution in [2.24, 2.45) is 0 Å². The molecule has 0 saturated heterocycles. The van der Waals surface area contributed by atoms with E-state index in [1.165, 1.54) is 0 Å². The summed E-state index contributed by atoms with van der Waals surface area (Å²) < 4.78 is 25.0. The van der Waals surface area contributed by atoms with E-state index in [2.05, 4.69) is 0 Å². The fraction of sp³-hybridized carbons (Fsp3) is 0. The van der Waals surface area contributed by atoms with E-state index in [9.17, 15) is 0 Å². The van der Waals surface area contributed by atoms with E-state index in [-0.39, 0.29) is 20.4 Å². The SMILES string of the molecule is O=P[O-].O=P[O-].O=P[O-].[Re]. The molecule has 0 aliphatic rings. The van der Waals surface area contributed by atoms with Crippen LogP contribution in [0.2, 0.25) is 0 Å². The fourth-order valence-corrected chi connectivity index (χ4v) is 0. The van der Waals surface area contributed by atoms with Gasteiger partial charge in [0.1, 0.15) is 0 Å². The minimum absolute atomic E-state index is 0. The molecular weight excluding hydrogens is 375 g/mol. The summed E-state index contributed by atoms with van der Waals surface area (Å²) >= 11 is 0. The van der Waals surface area contributed by atoms with Crippen molar-refractivity contribution in [2.75, 3.05) is 0 Å². The number of hydrogen-bond acceptors (Lipinski definition) is 6. The zero-order chi connectivity index (χ0) is 8.12. The van der Waals surface area contributed by atoms with Gasteiger partial charge < -0.3 is 14.7 Å². The van der Waals surface area contributed by atoms with Crippen molar-refractivity contribution in [3.63, 3.8) is 0 Å². The molecule has 0 fully saturated rings. The topological polar surface area (TPSA) is 120 Å². The Morgan fingerprint density at radius 1 is 0.700 bits per heavy atom. The summed E-state index contributed by atoms with van der Waals surface area (Å²) in [6.07, 6.45) is 0. The maximum atomic E-state index is 8.35. The molecular formula is O6P3Re-3. The Labute approximate surface area is 75.2 Å². The summed E-state index contributed by atoms with van der Waals surface area (Å²) in [5.74, 6) is 0. The first-order valence-corrected chi connectivity index (χ1v) is 3.29. The standard InChI is InChI=1S/3HO2P.Re/c3*1-3-2;/h3*(H,1,2);/p-3.